The molecule has 0 spiro atoms. The number of aliphatic hydroxyl groups excluding tert-OH is 3. The molecule has 1 saturated heterocycles. The molecule has 2 aliphatic rings. The predicted octanol–water partition coefficient (Wildman–Crippen LogP) is 0.804. The Morgan fingerprint density at radius 1 is 1.12 bits per heavy atom. The van der Waals surface area contributed by atoms with E-state index in [2.05, 4.69) is 16.3 Å². The summed E-state index contributed by atoms with van der Waals surface area (Å²) in [4.78, 5) is 13.5. The van der Waals surface area contributed by atoms with Crippen LogP contribution in [-0.4, -0.2) is 77.2 Å². The normalized spacial score (nSPS) is 28.5. The summed E-state index contributed by atoms with van der Waals surface area (Å²) < 4.78 is 33.0. The number of carboxylic acids is 1. The van der Waals surface area contributed by atoms with E-state index in [1.165, 1.54) is 0 Å². The van der Waals surface area contributed by atoms with Gasteiger partial charge in [-0.15, -0.1) is 0 Å². The van der Waals surface area contributed by atoms with Gasteiger partial charge in [-0.25, -0.2) is 4.79 Å². The summed E-state index contributed by atoms with van der Waals surface area (Å²) in [7, 11) is 0. The van der Waals surface area contributed by atoms with Crippen LogP contribution in [0.5, 0.6) is 5.75 Å². The van der Waals surface area contributed by atoms with E-state index >= 15 is 0 Å². The third-order valence-electron chi connectivity index (χ3n) is 6.04. The average Bonchev–Trinajstić information content (AvgIpc) is 2.98. The van der Waals surface area contributed by atoms with E-state index in [9.17, 15) is 25.2 Å². The summed E-state index contributed by atoms with van der Waals surface area (Å²) >= 11 is 0. The van der Waals surface area contributed by atoms with E-state index in [1.807, 2.05) is 24.3 Å². The maximum absolute atomic E-state index is 11.4. The summed E-state index contributed by atoms with van der Waals surface area (Å²) in [5, 5.41) is 42.0. The molecule has 0 aliphatic carbocycles. The molecule has 2 aromatic carbocycles. The van der Waals surface area contributed by atoms with Crippen molar-refractivity contribution in [3.8, 4) is 5.75 Å². The van der Waals surface area contributed by atoms with Gasteiger partial charge in [0.05, 0.1) is 0 Å². The van der Waals surface area contributed by atoms with Gasteiger partial charge in [-0.1, -0.05) is 18.2 Å². The van der Waals surface area contributed by atoms with Gasteiger partial charge in [0.1, 0.15) is 24.1 Å². The topological polar surface area (TPSA) is 132 Å². The highest BCUT2D eigenvalue weighted by atomic mass is 16.7. The first kappa shape index (κ1) is 19.7. The zero-order valence-electron chi connectivity index (χ0n) is 20.9. The number of fused-ring (bicyclic) bond motifs is 2. The van der Waals surface area contributed by atoms with Crippen LogP contribution in [0, 0.1) is 0 Å². The van der Waals surface area contributed by atoms with Crippen molar-refractivity contribution < 1.29 is 38.8 Å². The molecular weight excluding hydrogens is 428 g/mol. The smallest absolute Gasteiger partial charge is 0.335 e. The maximum atomic E-state index is 11.4. The van der Waals surface area contributed by atoms with Crippen molar-refractivity contribution in [2.24, 2.45) is 0 Å². The van der Waals surface area contributed by atoms with Crippen molar-refractivity contribution in [1.82, 2.24) is 5.32 Å². The number of ether oxygens (including phenoxy) is 2. The average molecular weight is 462 g/mol. The second-order valence-electron chi connectivity index (χ2n) is 8.20. The minimum Gasteiger partial charge on any atom is -0.479 e. The molecule has 1 fully saturated rings. The van der Waals surface area contributed by atoms with Crippen LogP contribution in [0.3, 0.4) is 0 Å². The summed E-state index contributed by atoms with van der Waals surface area (Å²) in [5.41, 5.74) is 4.04. The lowest BCUT2D eigenvalue weighted by Gasteiger charge is -2.38. The SMILES string of the molecule is [2H]C([2H])([2H])NCCCN1c2ccccc2CCc2cc(OC3OC(C(=O)O)C(O)C(O)C3O)ccc21. The number of hydrogen-bond acceptors (Lipinski definition) is 8. The van der Waals surface area contributed by atoms with Crippen molar-refractivity contribution >= 4 is 17.3 Å². The predicted molar refractivity (Wildman–Crippen MR) is 121 cm³/mol. The molecule has 0 radical (unpaired) electrons. The molecule has 4 rings (SSSR count). The van der Waals surface area contributed by atoms with Gasteiger partial charge < -0.3 is 40.1 Å². The maximum Gasteiger partial charge on any atom is 0.335 e. The highest BCUT2D eigenvalue weighted by Gasteiger charge is 2.48. The molecular formula is C24H30N2O7. The van der Waals surface area contributed by atoms with Crippen LogP contribution in [0.2, 0.25) is 0 Å². The summed E-state index contributed by atoms with van der Waals surface area (Å²) in [6, 6.07) is 13.3. The molecule has 0 amide bonds. The van der Waals surface area contributed by atoms with Gasteiger partial charge in [-0.2, -0.15) is 0 Å². The standard InChI is InChI=1S/C24H30N2O7/c1-25-11-4-12-26-17-6-3-2-5-14(17)7-8-15-13-16(9-10-18(15)26)32-24-21(29)19(27)20(28)22(33-24)23(30)31/h2-3,5-6,9-10,13,19-22,24-25,27-29H,4,7-8,11-12H2,1H3,(H,30,31)/i1D3. The van der Waals surface area contributed by atoms with Crippen molar-refractivity contribution in [3.05, 3.63) is 53.6 Å². The van der Waals surface area contributed by atoms with Gasteiger partial charge >= 0.3 is 5.97 Å². The van der Waals surface area contributed by atoms with Crippen molar-refractivity contribution in [2.75, 3.05) is 25.0 Å². The molecule has 9 heteroatoms. The van der Waals surface area contributed by atoms with Gasteiger partial charge in [0.2, 0.25) is 6.29 Å². The molecule has 5 unspecified atom stereocenters. The number of carbonyl (C=O) groups is 1. The number of aliphatic hydroxyl groups is 3. The van der Waals surface area contributed by atoms with Crippen LogP contribution in [0.25, 0.3) is 0 Å². The van der Waals surface area contributed by atoms with Crippen molar-refractivity contribution in [2.45, 2.75) is 50.0 Å². The Bertz CT molecular complexity index is 1080. The lowest BCUT2D eigenvalue weighted by Crippen LogP contribution is -2.61. The van der Waals surface area contributed by atoms with Crippen LogP contribution < -0.4 is 15.0 Å². The van der Waals surface area contributed by atoms with E-state index in [4.69, 9.17) is 13.6 Å². The Kier molecular flexibility index (Phi) is 6.02. The van der Waals surface area contributed by atoms with E-state index in [1.54, 1.807) is 12.1 Å². The minimum atomic E-state index is -2.20. The Morgan fingerprint density at radius 2 is 1.88 bits per heavy atom. The number of para-hydroxylation sites is 1. The van der Waals surface area contributed by atoms with E-state index < -0.39 is 43.7 Å². The fourth-order valence-corrected chi connectivity index (χ4v) is 4.33. The van der Waals surface area contributed by atoms with Gasteiger partial charge in [-0.3, -0.25) is 0 Å². The van der Waals surface area contributed by atoms with Gasteiger partial charge in [0.25, 0.3) is 0 Å². The number of nitrogens with one attached hydrogen (secondary N) is 1. The zero-order valence-corrected chi connectivity index (χ0v) is 17.9. The largest absolute Gasteiger partial charge is 0.479 e. The lowest BCUT2D eigenvalue weighted by atomic mass is 9.99. The fraction of sp³-hybridized carbons (Fsp3) is 0.458. The highest BCUT2D eigenvalue weighted by molar-refractivity contribution is 5.73. The monoisotopic (exact) mass is 461 g/mol. The minimum absolute atomic E-state index is 0.306. The first-order valence-electron chi connectivity index (χ1n) is 12.4. The second-order valence-corrected chi connectivity index (χ2v) is 8.20. The van der Waals surface area contributed by atoms with Crippen LogP contribution in [0.1, 0.15) is 21.7 Å². The Balaban J connectivity index is 1.56. The molecule has 33 heavy (non-hydrogen) atoms. The van der Waals surface area contributed by atoms with Crippen molar-refractivity contribution in [1.29, 1.82) is 0 Å². The number of nitrogens with zero attached hydrogens (tertiary/aromatic N) is 1. The molecule has 5 atom stereocenters. The first-order valence-corrected chi connectivity index (χ1v) is 10.9. The van der Waals surface area contributed by atoms with Crippen molar-refractivity contribution in [3.63, 3.8) is 0 Å². The van der Waals surface area contributed by atoms with Crippen LogP contribution in [-0.2, 0) is 22.4 Å². The molecule has 2 aromatic rings. The first-order chi connectivity index (χ1) is 17.0. The van der Waals surface area contributed by atoms with Crippen LogP contribution in [0.4, 0.5) is 11.4 Å². The number of hydrogen-bond donors (Lipinski definition) is 5. The van der Waals surface area contributed by atoms with Crippen LogP contribution in [0.15, 0.2) is 42.5 Å². The number of rotatable bonds is 7. The molecule has 0 bridgehead atoms. The highest BCUT2D eigenvalue weighted by Crippen LogP contribution is 2.38. The summed E-state index contributed by atoms with van der Waals surface area (Å²) in [6.07, 6.45) is -6.42. The van der Waals surface area contributed by atoms with E-state index in [0.717, 1.165) is 28.9 Å². The number of anilines is 2. The molecule has 0 saturated carbocycles. The Morgan fingerprint density at radius 3 is 2.67 bits per heavy atom. The van der Waals surface area contributed by atoms with Crippen LogP contribution >= 0.6 is 0 Å². The second kappa shape index (κ2) is 10.1. The number of benzene rings is 2. The number of carboxylic acid groups (broad SMARTS) is 1. The van der Waals surface area contributed by atoms with E-state index in [-0.39, 0.29) is 0 Å². The van der Waals surface area contributed by atoms with Gasteiger partial charge in [0.15, 0.2) is 6.10 Å². The molecule has 2 heterocycles. The van der Waals surface area contributed by atoms with Gasteiger partial charge in [0, 0.05) is 22.0 Å². The molecule has 178 valence electrons. The quantitative estimate of drug-likeness (QED) is 0.380. The summed E-state index contributed by atoms with van der Waals surface area (Å²) in [5.74, 6) is -1.18. The van der Waals surface area contributed by atoms with Gasteiger partial charge in [-0.05, 0) is 68.2 Å². The lowest BCUT2D eigenvalue weighted by molar-refractivity contribution is -0.271. The molecule has 0 aromatic heterocycles. The third-order valence-corrected chi connectivity index (χ3v) is 6.04. The number of aliphatic carboxylic acids is 1. The third kappa shape index (κ3) is 4.83. The molecule has 5 N–H and O–H groups in total. The Labute approximate surface area is 196 Å². The zero-order chi connectivity index (χ0) is 26.0. The Hall–Kier alpha value is -2.69. The van der Waals surface area contributed by atoms with E-state index in [0.29, 0.717) is 31.7 Å². The number of aryl methyl sites for hydroxylation is 2. The molecule has 9 nitrogen and oxygen atoms in total. The summed E-state index contributed by atoms with van der Waals surface area (Å²) in [6.45, 7) is -1.31. The fourth-order valence-electron chi connectivity index (χ4n) is 4.33. The molecule has 2 aliphatic heterocycles.